The van der Waals surface area contributed by atoms with Crippen molar-refractivity contribution in [1.82, 2.24) is 4.90 Å². The van der Waals surface area contributed by atoms with Gasteiger partial charge in [-0.2, -0.15) is 0 Å². The second-order valence-electron chi connectivity index (χ2n) is 3.22. The molecule has 1 aromatic carbocycles. The van der Waals surface area contributed by atoms with Gasteiger partial charge in [-0.05, 0) is 54.6 Å². The Morgan fingerprint density at radius 1 is 1.40 bits per heavy atom. The molecule has 0 spiro atoms. The number of benzene rings is 1. The Morgan fingerprint density at radius 3 is 2.47 bits per heavy atom. The fourth-order valence-electron chi connectivity index (χ4n) is 1.39. The fourth-order valence-corrected chi connectivity index (χ4v) is 2.16. The molecule has 4 heteroatoms. The van der Waals surface area contributed by atoms with Crippen molar-refractivity contribution >= 4 is 34.2 Å². The van der Waals surface area contributed by atoms with Crippen LogP contribution in [0.25, 0.3) is 0 Å². The van der Waals surface area contributed by atoms with Crippen LogP contribution in [0.15, 0.2) is 18.2 Å². The van der Waals surface area contributed by atoms with Crippen LogP contribution in [-0.4, -0.2) is 23.9 Å². The number of halogens is 1. The molecule has 0 aliphatic heterocycles. The molecule has 0 saturated heterocycles. The summed E-state index contributed by atoms with van der Waals surface area (Å²) in [5.41, 5.74) is 7.06. The summed E-state index contributed by atoms with van der Waals surface area (Å²) in [7, 11) is 0. The lowest BCUT2D eigenvalue weighted by Crippen LogP contribution is -2.31. The van der Waals surface area contributed by atoms with Gasteiger partial charge < -0.3 is 10.6 Å². The first-order valence-electron chi connectivity index (χ1n) is 4.94. The average Bonchev–Trinajstić information content (AvgIpc) is 2.19. The second-order valence-corrected chi connectivity index (χ2v) is 4.38. The molecule has 82 valence electrons. The number of nitrogens with zero attached hydrogens (tertiary/aromatic N) is 1. The van der Waals surface area contributed by atoms with Crippen LogP contribution in [0.5, 0.6) is 0 Å². The van der Waals surface area contributed by atoms with Crippen molar-refractivity contribution < 1.29 is 4.79 Å². The van der Waals surface area contributed by atoms with E-state index in [4.69, 9.17) is 5.73 Å². The molecule has 2 N–H and O–H groups in total. The molecule has 1 rings (SSSR count). The number of carbonyl (C=O) groups is 1. The fraction of sp³-hybridized carbons (Fsp3) is 0.364. The Labute approximate surface area is 104 Å². The molecule has 3 nitrogen and oxygen atoms in total. The zero-order valence-electron chi connectivity index (χ0n) is 8.96. The van der Waals surface area contributed by atoms with E-state index in [0.717, 1.165) is 22.2 Å². The van der Waals surface area contributed by atoms with Crippen molar-refractivity contribution in [2.24, 2.45) is 0 Å². The Bertz CT molecular complexity index is 362. The lowest BCUT2D eigenvalue weighted by atomic mass is 10.2. The zero-order chi connectivity index (χ0) is 11.4. The molecule has 0 aliphatic rings. The molecule has 0 unspecified atom stereocenters. The highest BCUT2D eigenvalue weighted by molar-refractivity contribution is 14.1. The highest BCUT2D eigenvalue weighted by Crippen LogP contribution is 2.17. The molecule has 0 aliphatic carbocycles. The van der Waals surface area contributed by atoms with Gasteiger partial charge in [0.15, 0.2) is 0 Å². The number of nitrogen functional groups attached to an aromatic ring is 1. The number of nitrogens with two attached hydrogens (primary N) is 1. The minimum Gasteiger partial charge on any atom is -0.399 e. The molecular formula is C11H15IN2O. The maximum Gasteiger partial charge on any atom is 0.254 e. The molecule has 0 aromatic heterocycles. The van der Waals surface area contributed by atoms with Crippen LogP contribution in [0.3, 0.4) is 0 Å². The third-order valence-corrected chi connectivity index (χ3v) is 3.17. The summed E-state index contributed by atoms with van der Waals surface area (Å²) < 4.78 is 0.907. The maximum absolute atomic E-state index is 12.0. The van der Waals surface area contributed by atoms with E-state index in [1.807, 2.05) is 19.9 Å². The monoisotopic (exact) mass is 318 g/mol. The van der Waals surface area contributed by atoms with E-state index in [1.165, 1.54) is 0 Å². The number of anilines is 1. The van der Waals surface area contributed by atoms with Crippen molar-refractivity contribution in [3.05, 3.63) is 27.3 Å². The van der Waals surface area contributed by atoms with Crippen molar-refractivity contribution in [1.29, 1.82) is 0 Å². The first kappa shape index (κ1) is 12.3. The number of hydrogen-bond acceptors (Lipinski definition) is 2. The molecule has 15 heavy (non-hydrogen) atoms. The summed E-state index contributed by atoms with van der Waals surface area (Å²) >= 11 is 2.14. The Balaban J connectivity index is 3.00. The van der Waals surface area contributed by atoms with E-state index >= 15 is 0 Å². The van der Waals surface area contributed by atoms with Gasteiger partial charge in [0.05, 0.1) is 5.56 Å². The smallest absolute Gasteiger partial charge is 0.254 e. The zero-order valence-corrected chi connectivity index (χ0v) is 11.1. The van der Waals surface area contributed by atoms with E-state index in [-0.39, 0.29) is 5.91 Å². The first-order valence-corrected chi connectivity index (χ1v) is 6.02. The van der Waals surface area contributed by atoms with Gasteiger partial charge in [0.1, 0.15) is 0 Å². The van der Waals surface area contributed by atoms with Crippen molar-refractivity contribution in [3.8, 4) is 0 Å². The van der Waals surface area contributed by atoms with Crippen LogP contribution >= 0.6 is 22.6 Å². The number of rotatable bonds is 3. The van der Waals surface area contributed by atoms with E-state index in [0.29, 0.717) is 5.69 Å². The predicted octanol–water partition coefficient (Wildman–Crippen LogP) is 2.36. The molecular weight excluding hydrogens is 303 g/mol. The van der Waals surface area contributed by atoms with E-state index < -0.39 is 0 Å². The summed E-state index contributed by atoms with van der Waals surface area (Å²) in [6, 6.07) is 5.37. The highest BCUT2D eigenvalue weighted by Gasteiger charge is 2.14. The standard InChI is InChI=1S/C11H15IN2O/c1-3-14(4-2)11(15)9-6-5-8(13)7-10(9)12/h5-7H,3-4,13H2,1-2H3. The lowest BCUT2D eigenvalue weighted by molar-refractivity contribution is 0.0772. The van der Waals surface area contributed by atoms with Gasteiger partial charge in [-0.15, -0.1) is 0 Å². The average molecular weight is 318 g/mol. The SMILES string of the molecule is CCN(CC)C(=O)c1ccc(N)cc1I. The number of hydrogen-bond donors (Lipinski definition) is 1. The van der Waals surface area contributed by atoms with Crippen LogP contribution in [0.2, 0.25) is 0 Å². The Kier molecular flexibility index (Phi) is 4.38. The number of carbonyl (C=O) groups excluding carboxylic acids is 1. The van der Waals surface area contributed by atoms with Gasteiger partial charge in [0, 0.05) is 22.3 Å². The summed E-state index contributed by atoms with van der Waals surface area (Å²) in [4.78, 5) is 13.8. The minimum absolute atomic E-state index is 0.0735. The van der Waals surface area contributed by atoms with E-state index in [1.54, 1.807) is 17.0 Å². The van der Waals surface area contributed by atoms with Gasteiger partial charge >= 0.3 is 0 Å². The van der Waals surface area contributed by atoms with Crippen molar-refractivity contribution in [2.45, 2.75) is 13.8 Å². The van der Waals surface area contributed by atoms with Crippen LogP contribution in [0, 0.1) is 3.57 Å². The summed E-state index contributed by atoms with van der Waals surface area (Å²) in [5.74, 6) is 0.0735. The van der Waals surface area contributed by atoms with Crippen LogP contribution in [0.1, 0.15) is 24.2 Å². The van der Waals surface area contributed by atoms with Gasteiger partial charge in [0.2, 0.25) is 0 Å². The highest BCUT2D eigenvalue weighted by atomic mass is 127. The largest absolute Gasteiger partial charge is 0.399 e. The normalized spacial score (nSPS) is 10.1. The van der Waals surface area contributed by atoms with Crippen molar-refractivity contribution in [3.63, 3.8) is 0 Å². The molecule has 1 amide bonds. The molecule has 0 bridgehead atoms. The summed E-state index contributed by atoms with van der Waals surface area (Å²) in [5, 5.41) is 0. The topological polar surface area (TPSA) is 46.3 Å². The molecule has 0 heterocycles. The van der Waals surface area contributed by atoms with Gasteiger partial charge in [0.25, 0.3) is 5.91 Å². The third-order valence-electron chi connectivity index (χ3n) is 2.27. The molecule has 0 saturated carbocycles. The first-order chi connectivity index (χ1) is 7.10. The molecule has 0 fully saturated rings. The Hall–Kier alpha value is -0.780. The maximum atomic E-state index is 12.0. The van der Waals surface area contributed by atoms with Gasteiger partial charge in [-0.1, -0.05) is 0 Å². The lowest BCUT2D eigenvalue weighted by Gasteiger charge is -2.19. The van der Waals surface area contributed by atoms with Crippen LogP contribution in [-0.2, 0) is 0 Å². The van der Waals surface area contributed by atoms with Gasteiger partial charge in [-0.3, -0.25) is 4.79 Å². The quantitative estimate of drug-likeness (QED) is 0.687. The van der Waals surface area contributed by atoms with Crippen LogP contribution < -0.4 is 5.73 Å². The summed E-state index contributed by atoms with van der Waals surface area (Å²) in [6.45, 7) is 5.42. The molecule has 0 radical (unpaired) electrons. The Morgan fingerprint density at radius 2 is 2.00 bits per heavy atom. The van der Waals surface area contributed by atoms with Crippen molar-refractivity contribution in [2.75, 3.05) is 18.8 Å². The van der Waals surface area contributed by atoms with E-state index in [2.05, 4.69) is 22.6 Å². The minimum atomic E-state index is 0.0735. The third kappa shape index (κ3) is 2.84. The second kappa shape index (κ2) is 5.34. The molecule has 1 aromatic rings. The summed E-state index contributed by atoms with van der Waals surface area (Å²) in [6.07, 6.45) is 0. The number of amides is 1. The molecule has 0 atom stereocenters. The van der Waals surface area contributed by atoms with Gasteiger partial charge in [-0.25, -0.2) is 0 Å². The van der Waals surface area contributed by atoms with Crippen LogP contribution in [0.4, 0.5) is 5.69 Å². The van der Waals surface area contributed by atoms with E-state index in [9.17, 15) is 4.79 Å². The predicted molar refractivity (Wildman–Crippen MR) is 70.8 cm³/mol.